The van der Waals surface area contributed by atoms with Crippen LogP contribution in [-0.4, -0.2) is 14.7 Å². The highest BCUT2D eigenvalue weighted by Crippen LogP contribution is 2.38. The zero-order chi connectivity index (χ0) is 19.5. The zero-order valence-corrected chi connectivity index (χ0v) is 16.4. The molecule has 0 bridgehead atoms. The second-order valence-corrected chi connectivity index (χ2v) is 7.77. The van der Waals surface area contributed by atoms with E-state index in [1.807, 2.05) is 44.2 Å². The van der Waals surface area contributed by atoms with Gasteiger partial charge in [0.25, 0.3) is 0 Å². The molecular weight excluding hydrogens is 351 g/mol. The van der Waals surface area contributed by atoms with E-state index in [0.717, 1.165) is 28.5 Å². The van der Waals surface area contributed by atoms with E-state index in [0.29, 0.717) is 11.1 Å². The topological polar surface area (TPSA) is 47.3 Å². The average molecular weight is 374 g/mol. The molecule has 5 heteroatoms. The molecule has 0 aliphatic carbocycles. The van der Waals surface area contributed by atoms with Gasteiger partial charge in [-0.05, 0) is 42.2 Å². The first-order valence-electron chi connectivity index (χ1n) is 8.42. The molecule has 1 aromatic heterocycles. The van der Waals surface area contributed by atoms with E-state index in [4.69, 9.17) is 4.42 Å². The summed E-state index contributed by atoms with van der Waals surface area (Å²) >= 11 is 0. The lowest BCUT2D eigenvalue weighted by Gasteiger charge is -2.14. The second kappa shape index (κ2) is 7.87. The van der Waals surface area contributed by atoms with E-state index in [1.165, 1.54) is 6.07 Å². The van der Waals surface area contributed by atoms with E-state index in [2.05, 4.69) is 0 Å². The Morgan fingerprint density at radius 1 is 0.885 bits per heavy atom. The molecule has 138 valence electrons. The van der Waals surface area contributed by atoms with Crippen molar-refractivity contribution in [2.75, 3.05) is 6.26 Å². The summed E-state index contributed by atoms with van der Waals surface area (Å²) in [7, 11) is -3.63. The van der Waals surface area contributed by atoms with E-state index in [1.54, 1.807) is 26.4 Å². The van der Waals surface area contributed by atoms with Crippen LogP contribution in [0.5, 0.6) is 0 Å². The monoisotopic (exact) mass is 374 g/mol. The largest absolute Gasteiger partial charge is 0.471 e. The highest BCUT2D eigenvalue weighted by molar-refractivity contribution is 7.90. The molecule has 3 nitrogen and oxygen atoms in total. The molecule has 0 N–H and O–H groups in total. The van der Waals surface area contributed by atoms with Crippen molar-refractivity contribution < 1.29 is 17.2 Å². The average Bonchev–Trinajstić information content (AvgIpc) is 3.09. The molecule has 0 saturated heterocycles. The minimum atomic E-state index is -3.63. The van der Waals surface area contributed by atoms with Crippen LogP contribution in [0.1, 0.15) is 25.0 Å². The van der Waals surface area contributed by atoms with Gasteiger partial charge in [0.2, 0.25) is 0 Å². The molecule has 3 aromatic rings. The second-order valence-electron chi connectivity index (χ2n) is 5.82. The third-order valence-corrected chi connectivity index (χ3v) is 5.45. The van der Waals surface area contributed by atoms with E-state index >= 15 is 0 Å². The number of furan rings is 1. The maximum absolute atomic E-state index is 14.5. The Morgan fingerprint density at radius 2 is 1.46 bits per heavy atom. The molecule has 2 aromatic carbocycles. The first-order valence-corrected chi connectivity index (χ1v) is 10.3. The highest BCUT2D eigenvalue weighted by atomic mass is 32.2. The lowest BCUT2D eigenvalue weighted by molar-refractivity contribution is 0.567. The molecule has 0 unspecified atom stereocenters. The van der Waals surface area contributed by atoms with Gasteiger partial charge in [-0.1, -0.05) is 44.2 Å². The molecule has 0 saturated carbocycles. The van der Waals surface area contributed by atoms with Gasteiger partial charge in [0.05, 0.1) is 12.5 Å². The summed E-state index contributed by atoms with van der Waals surface area (Å²) < 4.78 is 43.6. The van der Waals surface area contributed by atoms with Crippen LogP contribution in [0.4, 0.5) is 4.39 Å². The number of rotatable bonds is 3. The minimum absolute atomic E-state index is 0.242. The van der Waals surface area contributed by atoms with Crippen molar-refractivity contribution in [1.82, 2.24) is 0 Å². The summed E-state index contributed by atoms with van der Waals surface area (Å²) in [5, 5.41) is 0. The molecule has 0 amide bonds. The van der Waals surface area contributed by atoms with Crippen LogP contribution in [0.3, 0.4) is 0 Å². The van der Waals surface area contributed by atoms with Gasteiger partial charge >= 0.3 is 0 Å². The molecule has 0 aliphatic heterocycles. The van der Waals surface area contributed by atoms with Crippen molar-refractivity contribution in [2.45, 2.75) is 32.6 Å². The predicted octanol–water partition coefficient (Wildman–Crippen LogP) is 5.80. The van der Waals surface area contributed by atoms with Gasteiger partial charge in [-0.3, -0.25) is 0 Å². The third kappa shape index (κ3) is 3.73. The Bertz CT molecular complexity index is 1000. The third-order valence-electron chi connectivity index (χ3n) is 4.20. The van der Waals surface area contributed by atoms with E-state index < -0.39 is 15.7 Å². The summed E-state index contributed by atoms with van der Waals surface area (Å²) in [6, 6.07) is 10.9. The fourth-order valence-corrected chi connectivity index (χ4v) is 4.06. The first kappa shape index (κ1) is 19.9. The van der Waals surface area contributed by atoms with Crippen molar-refractivity contribution in [3.63, 3.8) is 0 Å². The van der Waals surface area contributed by atoms with Gasteiger partial charge in [-0.2, -0.15) is 0 Å². The van der Waals surface area contributed by atoms with Crippen LogP contribution >= 0.6 is 0 Å². The standard InChI is InChI=1S/C19H17FO3S.C2H6/c1-12-13(2)19(24(3,21)22)18(20)9-15(12)17-11-23-10-16(17)14-7-5-4-6-8-14;1-2/h4-11H,1-3H3;1-2H3. The van der Waals surface area contributed by atoms with Crippen LogP contribution in [0.15, 0.2) is 58.2 Å². The van der Waals surface area contributed by atoms with Crippen molar-refractivity contribution >= 4 is 9.84 Å². The van der Waals surface area contributed by atoms with Crippen LogP contribution in [-0.2, 0) is 9.84 Å². The highest BCUT2D eigenvalue weighted by Gasteiger charge is 2.22. The Hall–Kier alpha value is -2.40. The van der Waals surface area contributed by atoms with Gasteiger partial charge in [0.15, 0.2) is 9.84 Å². The minimum Gasteiger partial charge on any atom is -0.471 e. The molecule has 0 atom stereocenters. The smallest absolute Gasteiger partial charge is 0.178 e. The molecule has 26 heavy (non-hydrogen) atoms. The fraction of sp³-hybridized carbons (Fsp3) is 0.238. The summed E-state index contributed by atoms with van der Waals surface area (Å²) in [4.78, 5) is -0.242. The van der Waals surface area contributed by atoms with Gasteiger partial charge < -0.3 is 4.42 Å². The first-order chi connectivity index (χ1) is 12.3. The summed E-state index contributed by atoms with van der Waals surface area (Å²) in [6.45, 7) is 7.42. The quantitative estimate of drug-likeness (QED) is 0.582. The summed E-state index contributed by atoms with van der Waals surface area (Å²) in [6.07, 6.45) is 4.19. The molecule has 1 heterocycles. The van der Waals surface area contributed by atoms with Gasteiger partial charge in [-0.25, -0.2) is 12.8 Å². The Morgan fingerprint density at radius 3 is 2.04 bits per heavy atom. The predicted molar refractivity (Wildman–Crippen MR) is 103 cm³/mol. The van der Waals surface area contributed by atoms with Gasteiger partial charge in [0, 0.05) is 17.4 Å². The van der Waals surface area contributed by atoms with Gasteiger partial charge in [0.1, 0.15) is 10.7 Å². The number of sulfone groups is 1. The van der Waals surface area contributed by atoms with Crippen molar-refractivity contribution in [3.05, 3.63) is 65.9 Å². The number of halogens is 1. The lowest BCUT2D eigenvalue weighted by Crippen LogP contribution is -2.06. The number of benzene rings is 2. The van der Waals surface area contributed by atoms with Crippen LogP contribution in [0.2, 0.25) is 0 Å². The normalized spacial score (nSPS) is 11.0. The zero-order valence-electron chi connectivity index (χ0n) is 15.6. The Labute approximate surface area is 154 Å². The molecule has 0 fully saturated rings. The maximum Gasteiger partial charge on any atom is 0.178 e. The fourth-order valence-electron chi connectivity index (χ4n) is 2.93. The van der Waals surface area contributed by atoms with Crippen molar-refractivity contribution in [3.8, 4) is 22.3 Å². The number of hydrogen-bond acceptors (Lipinski definition) is 3. The maximum atomic E-state index is 14.5. The lowest BCUT2D eigenvalue weighted by atomic mass is 9.93. The SMILES string of the molecule is CC.Cc1c(-c2cocc2-c2ccccc2)cc(F)c(S(C)(=O)=O)c1C. The van der Waals surface area contributed by atoms with Crippen LogP contribution in [0, 0.1) is 19.7 Å². The molecule has 3 rings (SSSR count). The number of hydrogen-bond donors (Lipinski definition) is 0. The van der Waals surface area contributed by atoms with E-state index in [-0.39, 0.29) is 4.90 Å². The molecule has 0 spiro atoms. The van der Waals surface area contributed by atoms with Crippen molar-refractivity contribution in [2.24, 2.45) is 0 Å². The van der Waals surface area contributed by atoms with E-state index in [9.17, 15) is 12.8 Å². The molecule has 0 aliphatic rings. The molecular formula is C21H23FO3S. The van der Waals surface area contributed by atoms with Crippen LogP contribution in [0.25, 0.3) is 22.3 Å². The Balaban J connectivity index is 0.00000117. The van der Waals surface area contributed by atoms with Gasteiger partial charge in [-0.15, -0.1) is 0 Å². The molecule has 0 radical (unpaired) electrons. The Kier molecular flexibility index (Phi) is 6.03. The van der Waals surface area contributed by atoms with Crippen LogP contribution < -0.4 is 0 Å². The summed E-state index contributed by atoms with van der Waals surface area (Å²) in [5.74, 6) is -0.740. The van der Waals surface area contributed by atoms with Crippen molar-refractivity contribution in [1.29, 1.82) is 0 Å². The summed E-state index contributed by atoms with van der Waals surface area (Å²) in [5.41, 5.74) is 4.30.